The average Bonchev–Trinajstić information content (AvgIpc) is 2.89. The van der Waals surface area contributed by atoms with Gasteiger partial charge in [-0.15, -0.1) is 0 Å². The second-order valence-electron chi connectivity index (χ2n) is 5.52. The van der Waals surface area contributed by atoms with Crippen LogP contribution in [0.5, 0.6) is 0 Å². The quantitative estimate of drug-likeness (QED) is 0.659. The van der Waals surface area contributed by atoms with Gasteiger partial charge in [0.25, 0.3) is 0 Å². The summed E-state index contributed by atoms with van der Waals surface area (Å²) in [6.07, 6.45) is 8.94. The highest BCUT2D eigenvalue weighted by Gasteiger charge is 2.06. The molecule has 0 fully saturated rings. The molecule has 2 rings (SSSR count). The van der Waals surface area contributed by atoms with Crippen LogP contribution in [-0.2, 0) is 17.9 Å². The molecule has 0 amide bonds. The van der Waals surface area contributed by atoms with Crippen molar-refractivity contribution in [1.29, 1.82) is 0 Å². The molecule has 0 aliphatic heterocycles. The van der Waals surface area contributed by atoms with E-state index in [2.05, 4.69) is 16.9 Å². The average molecular weight is 307 g/mol. The Labute approximate surface area is 130 Å². The van der Waals surface area contributed by atoms with E-state index < -0.39 is 0 Å². The lowest BCUT2D eigenvalue weighted by molar-refractivity contribution is 0.0460. The Hall–Kier alpha value is -1.66. The molecule has 2 aromatic heterocycles. The molecule has 0 unspecified atom stereocenters. The van der Waals surface area contributed by atoms with Crippen LogP contribution < -0.4 is 5.69 Å². The number of aryl methyl sites for hydroxylation is 1. The Morgan fingerprint density at radius 2 is 2.14 bits per heavy atom. The molecule has 0 spiro atoms. The number of hydrogen-bond donors (Lipinski definition) is 2. The number of H-pyrrole nitrogens is 1. The van der Waals surface area contributed by atoms with Gasteiger partial charge in [0.15, 0.2) is 0 Å². The van der Waals surface area contributed by atoms with E-state index in [4.69, 9.17) is 9.84 Å². The van der Waals surface area contributed by atoms with Gasteiger partial charge in [-0.3, -0.25) is 4.57 Å². The first kappa shape index (κ1) is 16.7. The van der Waals surface area contributed by atoms with Gasteiger partial charge in [-0.1, -0.05) is 32.6 Å². The number of hydrogen-bond acceptors (Lipinski definition) is 4. The topological polar surface area (TPSA) is 80.1 Å². The second kappa shape index (κ2) is 8.70. The lowest BCUT2D eigenvalue weighted by Gasteiger charge is -2.04. The van der Waals surface area contributed by atoms with Crippen molar-refractivity contribution in [3.05, 3.63) is 28.4 Å². The van der Waals surface area contributed by atoms with E-state index in [1.807, 2.05) is 6.07 Å². The number of aliphatic hydroxyl groups is 1. The van der Waals surface area contributed by atoms with E-state index in [0.717, 1.165) is 23.9 Å². The minimum Gasteiger partial charge on any atom is -0.394 e. The highest BCUT2D eigenvalue weighted by atomic mass is 16.5. The van der Waals surface area contributed by atoms with Crippen LogP contribution in [0.4, 0.5) is 0 Å². The smallest absolute Gasteiger partial charge is 0.351 e. The summed E-state index contributed by atoms with van der Waals surface area (Å²) in [6.45, 7) is 2.47. The number of nitrogens with zero attached hydrogens (tertiary/aromatic N) is 2. The summed E-state index contributed by atoms with van der Waals surface area (Å²) in [5.74, 6) is 0. The molecular weight excluding hydrogens is 282 g/mol. The lowest BCUT2D eigenvalue weighted by atomic mass is 10.1. The van der Waals surface area contributed by atoms with Crippen LogP contribution in [0.15, 0.2) is 17.1 Å². The van der Waals surface area contributed by atoms with Crippen molar-refractivity contribution in [3.8, 4) is 0 Å². The predicted octanol–water partition coefficient (Wildman–Crippen LogP) is 2.20. The minimum atomic E-state index is -0.346. The third kappa shape index (κ3) is 4.68. The van der Waals surface area contributed by atoms with Crippen molar-refractivity contribution in [2.75, 3.05) is 13.2 Å². The molecule has 0 saturated carbocycles. The molecule has 2 N–H and O–H groups in total. The van der Waals surface area contributed by atoms with Crippen LogP contribution in [0.25, 0.3) is 11.0 Å². The zero-order valence-corrected chi connectivity index (χ0v) is 13.2. The number of unbranched alkanes of at least 4 members (excludes halogenated alkanes) is 4. The van der Waals surface area contributed by atoms with Crippen molar-refractivity contribution >= 4 is 11.0 Å². The van der Waals surface area contributed by atoms with Crippen LogP contribution in [-0.4, -0.2) is 32.9 Å². The first-order chi connectivity index (χ1) is 10.7. The number of fused-ring (bicyclic) bond motifs is 1. The number of ether oxygens (including phenoxy) is 1. The van der Waals surface area contributed by atoms with Gasteiger partial charge in [-0.05, 0) is 18.9 Å². The Balaban J connectivity index is 1.98. The fraction of sp³-hybridized carbons (Fsp3) is 0.625. The fourth-order valence-corrected chi connectivity index (χ4v) is 2.46. The first-order valence-electron chi connectivity index (χ1n) is 8.02. The Kier molecular flexibility index (Phi) is 6.61. The summed E-state index contributed by atoms with van der Waals surface area (Å²) < 4.78 is 6.58. The van der Waals surface area contributed by atoms with Gasteiger partial charge in [0.05, 0.1) is 13.2 Å². The highest BCUT2D eigenvalue weighted by molar-refractivity contribution is 5.75. The van der Waals surface area contributed by atoms with Gasteiger partial charge < -0.3 is 14.8 Å². The molecule has 0 aliphatic rings. The molecule has 6 nitrogen and oxygen atoms in total. The van der Waals surface area contributed by atoms with Crippen LogP contribution >= 0.6 is 0 Å². The number of aromatic nitrogens is 3. The van der Waals surface area contributed by atoms with Crippen LogP contribution in [0.2, 0.25) is 0 Å². The van der Waals surface area contributed by atoms with Crippen LogP contribution in [0, 0.1) is 0 Å². The van der Waals surface area contributed by atoms with Crippen molar-refractivity contribution in [2.45, 2.75) is 52.2 Å². The zero-order chi connectivity index (χ0) is 15.8. The maximum absolute atomic E-state index is 11.9. The van der Waals surface area contributed by atoms with Gasteiger partial charge in [-0.25, -0.2) is 4.79 Å². The summed E-state index contributed by atoms with van der Waals surface area (Å²) in [4.78, 5) is 19.1. The van der Waals surface area contributed by atoms with E-state index >= 15 is 0 Å². The van der Waals surface area contributed by atoms with Gasteiger partial charge >= 0.3 is 5.69 Å². The second-order valence-corrected chi connectivity index (χ2v) is 5.52. The van der Waals surface area contributed by atoms with Gasteiger partial charge in [0, 0.05) is 17.3 Å². The molecule has 122 valence electrons. The summed E-state index contributed by atoms with van der Waals surface area (Å²) >= 11 is 0. The monoisotopic (exact) mass is 307 g/mol. The summed E-state index contributed by atoms with van der Waals surface area (Å²) in [5, 5.41) is 9.60. The molecule has 2 aromatic rings. The fourth-order valence-electron chi connectivity index (χ4n) is 2.46. The summed E-state index contributed by atoms with van der Waals surface area (Å²) in [7, 11) is 0. The molecule has 0 bridgehead atoms. The molecule has 6 heteroatoms. The number of aliphatic hydroxyl groups excluding tert-OH is 1. The maximum Gasteiger partial charge on any atom is 0.351 e. The normalized spacial score (nSPS) is 11.4. The number of rotatable bonds is 10. The zero-order valence-electron chi connectivity index (χ0n) is 13.2. The molecular formula is C16H25N3O3. The highest BCUT2D eigenvalue weighted by Crippen LogP contribution is 2.14. The van der Waals surface area contributed by atoms with Crippen molar-refractivity contribution in [2.24, 2.45) is 0 Å². The third-order valence-electron chi connectivity index (χ3n) is 3.65. The third-order valence-corrected chi connectivity index (χ3v) is 3.65. The van der Waals surface area contributed by atoms with Crippen molar-refractivity contribution in [1.82, 2.24) is 14.5 Å². The molecule has 0 radical (unpaired) electrons. The van der Waals surface area contributed by atoms with Gasteiger partial charge in [0.2, 0.25) is 0 Å². The standard InChI is InChI=1S/C16H25N3O3/c1-2-3-4-5-6-7-14-10-13-11-19(12-22-9-8-20)16(21)18-15(13)17-14/h10-11,20H,2-9,12H2,1H3,(H,17,18,21). The van der Waals surface area contributed by atoms with E-state index in [1.54, 1.807) is 6.20 Å². The molecule has 0 saturated heterocycles. The van der Waals surface area contributed by atoms with E-state index in [-0.39, 0.29) is 25.6 Å². The van der Waals surface area contributed by atoms with Gasteiger partial charge in [-0.2, -0.15) is 4.98 Å². The van der Waals surface area contributed by atoms with E-state index in [1.165, 1.54) is 30.3 Å². The van der Waals surface area contributed by atoms with Crippen molar-refractivity contribution < 1.29 is 9.84 Å². The van der Waals surface area contributed by atoms with E-state index in [9.17, 15) is 4.79 Å². The van der Waals surface area contributed by atoms with E-state index in [0.29, 0.717) is 5.65 Å². The Bertz CT molecular complexity index is 633. The molecule has 22 heavy (non-hydrogen) atoms. The first-order valence-corrected chi connectivity index (χ1v) is 8.02. The van der Waals surface area contributed by atoms with Gasteiger partial charge in [0.1, 0.15) is 12.4 Å². The largest absolute Gasteiger partial charge is 0.394 e. The van der Waals surface area contributed by atoms with Crippen LogP contribution in [0.3, 0.4) is 0 Å². The maximum atomic E-state index is 11.9. The Morgan fingerprint density at radius 1 is 1.32 bits per heavy atom. The van der Waals surface area contributed by atoms with Crippen LogP contribution in [0.1, 0.15) is 44.7 Å². The molecule has 0 aromatic carbocycles. The Morgan fingerprint density at radius 3 is 2.91 bits per heavy atom. The molecule has 2 heterocycles. The molecule has 0 aliphatic carbocycles. The predicted molar refractivity (Wildman–Crippen MR) is 85.9 cm³/mol. The lowest BCUT2D eigenvalue weighted by Crippen LogP contribution is -2.23. The van der Waals surface area contributed by atoms with Crippen molar-refractivity contribution in [3.63, 3.8) is 0 Å². The SMILES string of the molecule is CCCCCCCc1cc2cn(COCCO)c(=O)nc2[nH]1. The number of nitrogens with one attached hydrogen (secondary N) is 1. The minimum absolute atomic E-state index is 0.0588. The summed E-state index contributed by atoms with van der Waals surface area (Å²) in [5.41, 5.74) is 1.40. The molecule has 0 atom stereocenters. The number of aromatic amines is 1. The summed E-state index contributed by atoms with van der Waals surface area (Å²) in [6, 6.07) is 2.05.